The molecule has 0 aliphatic rings. The van der Waals surface area contributed by atoms with Gasteiger partial charge in [-0.15, -0.1) is 11.8 Å². The predicted octanol–water partition coefficient (Wildman–Crippen LogP) is 3.22. The molecule has 0 saturated carbocycles. The fourth-order valence-corrected chi connectivity index (χ4v) is 2.40. The summed E-state index contributed by atoms with van der Waals surface area (Å²) < 4.78 is 0. The van der Waals surface area contributed by atoms with Crippen LogP contribution in [0.4, 0.5) is 17.1 Å². The van der Waals surface area contributed by atoms with Crippen molar-refractivity contribution >= 4 is 52.2 Å². The van der Waals surface area contributed by atoms with Crippen molar-refractivity contribution < 1.29 is 9.59 Å². The molecule has 0 radical (unpaired) electrons. The van der Waals surface area contributed by atoms with Gasteiger partial charge in [0.25, 0.3) is 0 Å². The van der Waals surface area contributed by atoms with Crippen LogP contribution in [0.5, 0.6) is 0 Å². The number of carbonyl (C=O) groups excluding carboxylic acids is 2. The average molecular weight is 336 g/mol. The van der Waals surface area contributed by atoms with Gasteiger partial charge in [0.2, 0.25) is 0 Å². The molecule has 5 nitrogen and oxygen atoms in total. The molecular weight excluding hydrogens is 322 g/mol. The van der Waals surface area contributed by atoms with Gasteiger partial charge in [0.15, 0.2) is 0 Å². The van der Waals surface area contributed by atoms with Gasteiger partial charge in [-0.2, -0.15) is 0 Å². The lowest BCUT2D eigenvalue weighted by atomic mass is 10.2. The maximum Gasteiger partial charge on any atom is 0.314 e. The lowest BCUT2D eigenvalue weighted by molar-refractivity contribution is -0.132. The van der Waals surface area contributed by atoms with E-state index >= 15 is 0 Å². The molecule has 0 saturated heterocycles. The van der Waals surface area contributed by atoms with Crippen molar-refractivity contribution in [3.63, 3.8) is 0 Å². The molecule has 0 fully saturated rings. The van der Waals surface area contributed by atoms with Crippen LogP contribution >= 0.6 is 23.4 Å². The van der Waals surface area contributed by atoms with Gasteiger partial charge in [-0.1, -0.05) is 17.7 Å². The summed E-state index contributed by atoms with van der Waals surface area (Å²) in [6, 6.07) is 11.8. The Morgan fingerprint density at radius 3 is 2.50 bits per heavy atom. The number of nitrogen functional groups attached to an aromatic ring is 1. The molecule has 0 spiro atoms. The minimum Gasteiger partial charge on any atom is -0.399 e. The zero-order valence-corrected chi connectivity index (χ0v) is 13.3. The minimum absolute atomic E-state index is 0.269. The number of carbonyl (C=O) groups is 2. The zero-order valence-electron chi connectivity index (χ0n) is 11.7. The molecule has 7 heteroatoms. The van der Waals surface area contributed by atoms with Crippen molar-refractivity contribution in [2.75, 3.05) is 22.6 Å². The second kappa shape index (κ2) is 7.20. The monoisotopic (exact) mass is 335 g/mol. The normalized spacial score (nSPS) is 10.1. The lowest BCUT2D eigenvalue weighted by Crippen LogP contribution is -2.29. The molecule has 0 aliphatic heterocycles. The van der Waals surface area contributed by atoms with E-state index in [1.54, 1.807) is 36.0 Å². The number of hydrogen-bond donors (Lipinski definition) is 3. The van der Waals surface area contributed by atoms with Crippen LogP contribution in [0.3, 0.4) is 0 Å². The highest BCUT2D eigenvalue weighted by atomic mass is 35.5. The van der Waals surface area contributed by atoms with Crippen molar-refractivity contribution in [2.24, 2.45) is 0 Å². The van der Waals surface area contributed by atoms with Gasteiger partial charge < -0.3 is 16.4 Å². The molecule has 2 rings (SSSR count). The second-order valence-electron chi connectivity index (χ2n) is 4.38. The number of amides is 2. The maximum absolute atomic E-state index is 11.9. The number of nitrogens with two attached hydrogens (primary N) is 1. The summed E-state index contributed by atoms with van der Waals surface area (Å²) in [5, 5.41) is 5.25. The predicted molar refractivity (Wildman–Crippen MR) is 91.3 cm³/mol. The molecule has 0 aromatic heterocycles. The van der Waals surface area contributed by atoms with Crippen LogP contribution in [-0.2, 0) is 9.59 Å². The Hall–Kier alpha value is -2.18. The van der Waals surface area contributed by atoms with E-state index in [-0.39, 0.29) is 5.02 Å². The van der Waals surface area contributed by atoms with E-state index in [0.29, 0.717) is 17.1 Å². The van der Waals surface area contributed by atoms with Gasteiger partial charge >= 0.3 is 11.8 Å². The van der Waals surface area contributed by atoms with Crippen molar-refractivity contribution in [3.05, 3.63) is 47.5 Å². The Morgan fingerprint density at radius 1 is 1.09 bits per heavy atom. The van der Waals surface area contributed by atoms with Crippen LogP contribution in [0.2, 0.25) is 5.02 Å². The first-order chi connectivity index (χ1) is 10.5. The number of halogens is 1. The Bertz CT molecular complexity index is 722. The molecule has 22 heavy (non-hydrogen) atoms. The molecule has 0 unspecified atom stereocenters. The number of rotatable bonds is 3. The first-order valence-electron chi connectivity index (χ1n) is 6.31. The van der Waals surface area contributed by atoms with Crippen LogP contribution in [0.1, 0.15) is 0 Å². The Balaban J connectivity index is 2.04. The lowest BCUT2D eigenvalue weighted by Gasteiger charge is -2.09. The van der Waals surface area contributed by atoms with Crippen LogP contribution in [0.15, 0.2) is 47.4 Å². The van der Waals surface area contributed by atoms with Gasteiger partial charge in [-0.25, -0.2) is 0 Å². The van der Waals surface area contributed by atoms with E-state index in [1.165, 1.54) is 12.1 Å². The number of thioether (sulfide) groups is 1. The molecule has 0 atom stereocenters. The maximum atomic E-state index is 11.9. The number of hydrogen-bond acceptors (Lipinski definition) is 4. The van der Waals surface area contributed by atoms with Crippen LogP contribution in [0, 0.1) is 0 Å². The first-order valence-corrected chi connectivity index (χ1v) is 7.91. The molecular formula is C15H14ClN3O2S. The summed E-state index contributed by atoms with van der Waals surface area (Å²) in [5.74, 6) is -1.58. The second-order valence-corrected chi connectivity index (χ2v) is 5.67. The van der Waals surface area contributed by atoms with Gasteiger partial charge in [-0.05, 0) is 42.7 Å². The summed E-state index contributed by atoms with van der Waals surface area (Å²) in [5.41, 5.74) is 6.92. The molecule has 0 heterocycles. The Kier molecular flexibility index (Phi) is 5.30. The smallest absolute Gasteiger partial charge is 0.314 e. The number of anilines is 3. The topological polar surface area (TPSA) is 84.2 Å². The molecule has 2 aromatic carbocycles. The Labute approximate surface area is 137 Å². The minimum atomic E-state index is -0.804. The van der Waals surface area contributed by atoms with Crippen LogP contribution < -0.4 is 16.4 Å². The van der Waals surface area contributed by atoms with Crippen molar-refractivity contribution in [1.82, 2.24) is 0 Å². The van der Waals surface area contributed by atoms with E-state index in [4.69, 9.17) is 17.3 Å². The van der Waals surface area contributed by atoms with E-state index in [0.717, 1.165) is 4.90 Å². The van der Waals surface area contributed by atoms with Crippen molar-refractivity contribution in [1.29, 1.82) is 0 Å². The van der Waals surface area contributed by atoms with E-state index < -0.39 is 11.8 Å². The van der Waals surface area contributed by atoms with E-state index in [1.807, 2.05) is 12.3 Å². The summed E-state index contributed by atoms with van der Waals surface area (Å²) >= 11 is 7.49. The molecule has 114 valence electrons. The van der Waals surface area contributed by atoms with Gasteiger partial charge in [-0.3, -0.25) is 9.59 Å². The van der Waals surface area contributed by atoms with Crippen LogP contribution in [-0.4, -0.2) is 18.1 Å². The Morgan fingerprint density at radius 2 is 1.82 bits per heavy atom. The summed E-state index contributed by atoms with van der Waals surface area (Å²) in [7, 11) is 0. The molecule has 2 aromatic rings. The first kappa shape index (κ1) is 16.2. The van der Waals surface area contributed by atoms with E-state index in [2.05, 4.69) is 10.6 Å². The molecule has 0 aliphatic carbocycles. The van der Waals surface area contributed by atoms with Gasteiger partial charge in [0.1, 0.15) is 0 Å². The SMILES string of the molecule is CSc1cccc(NC(=O)C(=O)Nc2ccc(N)cc2Cl)c1. The third-order valence-corrected chi connectivity index (χ3v) is 3.81. The fourth-order valence-electron chi connectivity index (χ4n) is 1.70. The quantitative estimate of drug-likeness (QED) is 0.457. The highest BCUT2D eigenvalue weighted by molar-refractivity contribution is 7.98. The van der Waals surface area contributed by atoms with E-state index in [9.17, 15) is 9.59 Å². The molecule has 4 N–H and O–H groups in total. The van der Waals surface area contributed by atoms with Crippen molar-refractivity contribution in [3.8, 4) is 0 Å². The third-order valence-electron chi connectivity index (χ3n) is 2.78. The van der Waals surface area contributed by atoms with Gasteiger partial charge in [0, 0.05) is 16.3 Å². The van der Waals surface area contributed by atoms with Crippen LogP contribution in [0.25, 0.3) is 0 Å². The highest BCUT2D eigenvalue weighted by Crippen LogP contribution is 2.24. The summed E-state index contributed by atoms with van der Waals surface area (Å²) in [4.78, 5) is 24.8. The zero-order chi connectivity index (χ0) is 16.1. The van der Waals surface area contributed by atoms with Gasteiger partial charge in [0.05, 0.1) is 10.7 Å². The number of benzene rings is 2. The van der Waals surface area contributed by atoms with Crippen molar-refractivity contribution in [2.45, 2.75) is 4.90 Å². The summed E-state index contributed by atoms with van der Waals surface area (Å²) in [6.07, 6.45) is 1.93. The number of nitrogens with one attached hydrogen (secondary N) is 2. The highest BCUT2D eigenvalue weighted by Gasteiger charge is 2.15. The standard InChI is InChI=1S/C15H14ClN3O2S/c1-22-11-4-2-3-10(8-11)18-14(20)15(21)19-13-6-5-9(17)7-12(13)16/h2-8H,17H2,1H3,(H,18,20)(H,19,21). The summed E-state index contributed by atoms with van der Waals surface area (Å²) in [6.45, 7) is 0. The average Bonchev–Trinajstić information content (AvgIpc) is 2.50. The molecule has 0 bridgehead atoms. The third kappa shape index (κ3) is 4.16. The largest absolute Gasteiger partial charge is 0.399 e. The fraction of sp³-hybridized carbons (Fsp3) is 0.0667. The molecule has 2 amide bonds.